The average molecular weight is 286 g/mol. The summed E-state index contributed by atoms with van der Waals surface area (Å²) in [5.41, 5.74) is 6.53. The van der Waals surface area contributed by atoms with Crippen molar-refractivity contribution in [3.05, 3.63) is 22.7 Å². The summed E-state index contributed by atoms with van der Waals surface area (Å²) in [6.07, 6.45) is 5.68. The first-order chi connectivity index (χ1) is 7.25. The molecule has 0 amide bonds. The fourth-order valence-corrected chi connectivity index (χ4v) is 3.87. The van der Waals surface area contributed by atoms with E-state index in [9.17, 15) is 0 Å². The molecule has 1 aromatic rings. The van der Waals surface area contributed by atoms with Crippen LogP contribution in [0.4, 0.5) is 5.69 Å². The van der Waals surface area contributed by atoms with Crippen molar-refractivity contribution in [2.45, 2.75) is 30.6 Å². The van der Waals surface area contributed by atoms with Gasteiger partial charge in [-0.25, -0.2) is 0 Å². The highest BCUT2D eigenvalue weighted by molar-refractivity contribution is 9.10. The van der Waals surface area contributed by atoms with Gasteiger partial charge in [0.1, 0.15) is 0 Å². The van der Waals surface area contributed by atoms with E-state index in [0.717, 1.165) is 16.1 Å². The molecule has 0 heterocycles. The Morgan fingerprint density at radius 3 is 2.73 bits per heavy atom. The molecule has 1 fully saturated rings. The highest BCUT2D eigenvalue weighted by Crippen LogP contribution is 2.34. The fourth-order valence-electron chi connectivity index (χ4n) is 2.02. The molecule has 0 bridgehead atoms. The normalized spacial score (nSPS) is 17.1. The lowest BCUT2D eigenvalue weighted by molar-refractivity contribution is 0.623. The van der Waals surface area contributed by atoms with Crippen molar-refractivity contribution in [2.75, 3.05) is 11.5 Å². The zero-order valence-electron chi connectivity index (χ0n) is 8.71. The van der Waals surface area contributed by atoms with Crippen LogP contribution in [0.15, 0.2) is 27.6 Å². The van der Waals surface area contributed by atoms with E-state index in [0.29, 0.717) is 0 Å². The van der Waals surface area contributed by atoms with E-state index >= 15 is 0 Å². The van der Waals surface area contributed by atoms with E-state index in [2.05, 4.69) is 22.0 Å². The van der Waals surface area contributed by atoms with Crippen molar-refractivity contribution >= 4 is 33.4 Å². The topological polar surface area (TPSA) is 26.0 Å². The van der Waals surface area contributed by atoms with Crippen molar-refractivity contribution in [2.24, 2.45) is 5.92 Å². The van der Waals surface area contributed by atoms with Gasteiger partial charge in [-0.05, 0) is 52.9 Å². The predicted molar refractivity (Wildman–Crippen MR) is 71.2 cm³/mol. The van der Waals surface area contributed by atoms with Crippen LogP contribution < -0.4 is 5.73 Å². The summed E-state index contributed by atoms with van der Waals surface area (Å²) in [6, 6.07) is 6.07. The highest BCUT2D eigenvalue weighted by Gasteiger charge is 2.15. The Labute approximate surface area is 104 Å². The summed E-state index contributed by atoms with van der Waals surface area (Å²) >= 11 is 5.51. The van der Waals surface area contributed by atoms with E-state index in [4.69, 9.17) is 5.73 Å². The number of nitrogen functional groups attached to an aromatic ring is 1. The minimum absolute atomic E-state index is 0.826. The number of nitrogens with two attached hydrogens (primary N) is 1. The number of anilines is 1. The predicted octanol–water partition coefficient (Wildman–Crippen LogP) is 4.31. The molecule has 1 aliphatic rings. The van der Waals surface area contributed by atoms with Crippen molar-refractivity contribution in [3.63, 3.8) is 0 Å². The molecule has 1 aromatic carbocycles. The van der Waals surface area contributed by atoms with Crippen LogP contribution in [0.3, 0.4) is 0 Å². The maximum atomic E-state index is 5.71. The largest absolute Gasteiger partial charge is 0.399 e. The molecule has 1 saturated carbocycles. The molecule has 0 radical (unpaired) electrons. The smallest absolute Gasteiger partial charge is 0.0331 e. The van der Waals surface area contributed by atoms with Crippen molar-refractivity contribution < 1.29 is 0 Å². The third kappa shape index (κ3) is 3.15. The second kappa shape index (κ2) is 5.26. The summed E-state index contributed by atoms with van der Waals surface area (Å²) < 4.78 is 1.13. The molecule has 82 valence electrons. The van der Waals surface area contributed by atoms with Crippen molar-refractivity contribution in [1.82, 2.24) is 0 Å². The number of thioether (sulfide) groups is 1. The van der Waals surface area contributed by atoms with E-state index in [-0.39, 0.29) is 0 Å². The lowest BCUT2D eigenvalue weighted by Crippen LogP contribution is -1.96. The first-order valence-corrected chi connectivity index (χ1v) is 7.21. The molecular weight excluding hydrogens is 270 g/mol. The molecule has 2 N–H and O–H groups in total. The maximum absolute atomic E-state index is 5.71. The molecule has 0 saturated heterocycles. The second-order valence-corrected chi connectivity index (χ2v) is 6.07. The number of hydrogen-bond acceptors (Lipinski definition) is 2. The molecule has 0 atom stereocenters. The Morgan fingerprint density at radius 1 is 1.33 bits per heavy atom. The third-order valence-corrected chi connectivity index (χ3v) is 5.13. The van der Waals surface area contributed by atoms with E-state index in [1.807, 2.05) is 23.9 Å². The summed E-state index contributed by atoms with van der Waals surface area (Å²) in [4.78, 5) is 1.32. The van der Waals surface area contributed by atoms with Crippen LogP contribution in [-0.4, -0.2) is 5.75 Å². The summed E-state index contributed by atoms with van der Waals surface area (Å²) in [6.45, 7) is 0. The lowest BCUT2D eigenvalue weighted by Gasteiger charge is -2.09. The number of rotatable bonds is 3. The Bertz CT molecular complexity index is 334. The molecule has 1 nitrogen and oxygen atoms in total. The standard InChI is InChI=1S/C12H16BrNS/c13-11-7-10(14)5-6-12(11)15-8-9-3-1-2-4-9/h5-7,9H,1-4,8,14H2. The third-order valence-electron chi connectivity index (χ3n) is 2.91. The Morgan fingerprint density at radius 2 is 2.07 bits per heavy atom. The Balaban J connectivity index is 1.92. The van der Waals surface area contributed by atoms with Gasteiger partial charge in [0.2, 0.25) is 0 Å². The lowest BCUT2D eigenvalue weighted by atomic mass is 10.1. The average Bonchev–Trinajstić information content (AvgIpc) is 2.69. The van der Waals surface area contributed by atoms with Gasteiger partial charge in [0.25, 0.3) is 0 Å². The van der Waals surface area contributed by atoms with Gasteiger partial charge >= 0.3 is 0 Å². The van der Waals surface area contributed by atoms with Crippen LogP contribution in [0, 0.1) is 5.92 Å². The molecule has 0 aliphatic heterocycles. The fraction of sp³-hybridized carbons (Fsp3) is 0.500. The summed E-state index contributed by atoms with van der Waals surface area (Å²) in [7, 11) is 0. The number of hydrogen-bond donors (Lipinski definition) is 1. The van der Waals surface area contributed by atoms with Crippen LogP contribution >= 0.6 is 27.7 Å². The van der Waals surface area contributed by atoms with Gasteiger partial charge in [0.05, 0.1) is 0 Å². The van der Waals surface area contributed by atoms with E-state index in [1.54, 1.807) is 0 Å². The van der Waals surface area contributed by atoms with Crippen molar-refractivity contribution in [3.8, 4) is 0 Å². The Hall–Kier alpha value is -0.150. The summed E-state index contributed by atoms with van der Waals surface area (Å²) in [5.74, 6) is 2.18. The zero-order valence-corrected chi connectivity index (χ0v) is 11.1. The van der Waals surface area contributed by atoms with E-state index in [1.165, 1.54) is 36.3 Å². The maximum Gasteiger partial charge on any atom is 0.0331 e. The molecule has 0 spiro atoms. The first kappa shape index (κ1) is 11.3. The van der Waals surface area contributed by atoms with Gasteiger partial charge in [-0.3, -0.25) is 0 Å². The zero-order chi connectivity index (χ0) is 10.7. The minimum Gasteiger partial charge on any atom is -0.399 e. The quantitative estimate of drug-likeness (QED) is 0.661. The molecule has 0 aromatic heterocycles. The molecular formula is C12H16BrNS. The number of benzene rings is 1. The highest BCUT2D eigenvalue weighted by atomic mass is 79.9. The molecule has 1 aliphatic carbocycles. The SMILES string of the molecule is Nc1ccc(SCC2CCCC2)c(Br)c1. The van der Waals surface area contributed by atoms with Gasteiger partial charge in [0, 0.05) is 20.8 Å². The van der Waals surface area contributed by atoms with Crippen LogP contribution in [0.2, 0.25) is 0 Å². The van der Waals surface area contributed by atoms with Crippen LogP contribution in [0.1, 0.15) is 25.7 Å². The van der Waals surface area contributed by atoms with Gasteiger partial charge in [-0.2, -0.15) is 0 Å². The first-order valence-electron chi connectivity index (χ1n) is 5.43. The molecule has 0 unspecified atom stereocenters. The van der Waals surface area contributed by atoms with Crippen molar-refractivity contribution in [1.29, 1.82) is 0 Å². The van der Waals surface area contributed by atoms with Crippen LogP contribution in [-0.2, 0) is 0 Å². The Kier molecular flexibility index (Phi) is 3.98. The monoisotopic (exact) mass is 285 g/mol. The molecule has 2 rings (SSSR count). The van der Waals surface area contributed by atoms with Crippen LogP contribution in [0.25, 0.3) is 0 Å². The second-order valence-electron chi connectivity index (χ2n) is 4.15. The van der Waals surface area contributed by atoms with Gasteiger partial charge in [0.15, 0.2) is 0 Å². The van der Waals surface area contributed by atoms with Gasteiger partial charge in [-0.15, -0.1) is 11.8 Å². The minimum atomic E-state index is 0.826. The van der Waals surface area contributed by atoms with Crippen LogP contribution in [0.5, 0.6) is 0 Å². The van der Waals surface area contributed by atoms with E-state index < -0.39 is 0 Å². The summed E-state index contributed by atoms with van der Waals surface area (Å²) in [5, 5.41) is 0. The molecule has 3 heteroatoms. The molecule has 15 heavy (non-hydrogen) atoms. The van der Waals surface area contributed by atoms with Gasteiger partial charge in [-0.1, -0.05) is 12.8 Å². The number of halogens is 1. The van der Waals surface area contributed by atoms with Gasteiger partial charge < -0.3 is 5.73 Å².